The number of aryl methyl sites for hydroxylation is 2. The molecule has 2 heterocycles. The molecule has 0 radical (unpaired) electrons. The predicted molar refractivity (Wildman–Crippen MR) is 104 cm³/mol. The van der Waals surface area contributed by atoms with Crippen LogP contribution in [0.1, 0.15) is 16.8 Å². The molecule has 27 heavy (non-hydrogen) atoms. The third kappa shape index (κ3) is 4.78. The summed E-state index contributed by atoms with van der Waals surface area (Å²) in [6.07, 6.45) is 0. The van der Waals surface area contributed by atoms with E-state index in [2.05, 4.69) is 20.5 Å². The van der Waals surface area contributed by atoms with Crippen molar-refractivity contribution >= 4 is 29.3 Å². The van der Waals surface area contributed by atoms with E-state index in [9.17, 15) is 9.59 Å². The van der Waals surface area contributed by atoms with Crippen molar-refractivity contribution in [2.45, 2.75) is 25.6 Å². The van der Waals surface area contributed by atoms with Crippen molar-refractivity contribution < 1.29 is 9.21 Å². The van der Waals surface area contributed by atoms with Gasteiger partial charge in [-0.05, 0) is 37.6 Å². The molecule has 0 saturated heterocycles. The van der Waals surface area contributed by atoms with Gasteiger partial charge < -0.3 is 14.7 Å². The quantitative estimate of drug-likeness (QED) is 0.612. The standard InChI is InChI=1S/C18H17ClN4O3S/c1-10-7-11(2)21-16(25)13(10)8-20-15(24)9-27-18-23-22-17(26-18)12-5-3-4-6-14(12)19/h3-7H,8-9H2,1-2H3,(H,20,24)(H,21,25). The van der Waals surface area contributed by atoms with Crippen molar-refractivity contribution in [1.29, 1.82) is 0 Å². The molecule has 1 aromatic carbocycles. The Kier molecular flexibility index (Phi) is 5.98. The van der Waals surface area contributed by atoms with Gasteiger partial charge >= 0.3 is 0 Å². The Hall–Kier alpha value is -2.58. The Bertz CT molecular complexity index is 1030. The molecule has 3 aromatic rings. The Morgan fingerprint density at radius 2 is 2.07 bits per heavy atom. The van der Waals surface area contributed by atoms with Gasteiger partial charge in [0.15, 0.2) is 0 Å². The molecule has 7 nitrogen and oxygen atoms in total. The molecule has 3 rings (SSSR count). The number of amides is 1. The maximum Gasteiger partial charge on any atom is 0.277 e. The summed E-state index contributed by atoms with van der Waals surface area (Å²) < 4.78 is 5.54. The molecule has 0 aliphatic rings. The Labute approximate surface area is 164 Å². The number of rotatable bonds is 6. The van der Waals surface area contributed by atoms with Crippen molar-refractivity contribution in [3.05, 3.63) is 62.5 Å². The van der Waals surface area contributed by atoms with Gasteiger partial charge in [-0.2, -0.15) is 0 Å². The lowest BCUT2D eigenvalue weighted by Gasteiger charge is -2.07. The lowest BCUT2D eigenvalue weighted by molar-refractivity contribution is -0.118. The molecule has 0 unspecified atom stereocenters. The highest BCUT2D eigenvalue weighted by molar-refractivity contribution is 7.99. The minimum absolute atomic E-state index is 0.0902. The van der Waals surface area contributed by atoms with Gasteiger partial charge in [0.2, 0.25) is 11.8 Å². The van der Waals surface area contributed by atoms with E-state index in [4.69, 9.17) is 16.0 Å². The Morgan fingerprint density at radius 3 is 2.81 bits per heavy atom. The van der Waals surface area contributed by atoms with E-state index in [1.165, 1.54) is 0 Å². The molecular formula is C18H17ClN4O3S. The van der Waals surface area contributed by atoms with Gasteiger partial charge in [0.1, 0.15) is 0 Å². The minimum Gasteiger partial charge on any atom is -0.411 e. The summed E-state index contributed by atoms with van der Waals surface area (Å²) in [4.78, 5) is 26.7. The zero-order valence-electron chi connectivity index (χ0n) is 14.7. The summed E-state index contributed by atoms with van der Waals surface area (Å²) in [7, 11) is 0. The molecule has 2 N–H and O–H groups in total. The van der Waals surface area contributed by atoms with Crippen LogP contribution in [0.4, 0.5) is 0 Å². The molecule has 0 spiro atoms. The average Bonchev–Trinajstić information content (AvgIpc) is 3.08. The molecule has 9 heteroatoms. The van der Waals surface area contributed by atoms with E-state index in [0.29, 0.717) is 22.0 Å². The lowest BCUT2D eigenvalue weighted by Crippen LogP contribution is -2.29. The zero-order valence-corrected chi connectivity index (χ0v) is 16.3. The molecule has 1 amide bonds. The number of hydrogen-bond donors (Lipinski definition) is 2. The second-order valence-electron chi connectivity index (χ2n) is 5.86. The number of hydrogen-bond acceptors (Lipinski definition) is 6. The van der Waals surface area contributed by atoms with Gasteiger partial charge in [0, 0.05) is 17.8 Å². The first-order valence-electron chi connectivity index (χ1n) is 8.11. The highest BCUT2D eigenvalue weighted by Crippen LogP contribution is 2.28. The summed E-state index contributed by atoms with van der Waals surface area (Å²) in [6, 6.07) is 9.00. The average molecular weight is 405 g/mol. The second kappa shape index (κ2) is 8.41. The van der Waals surface area contributed by atoms with Gasteiger partial charge in [0.05, 0.1) is 16.3 Å². The van der Waals surface area contributed by atoms with Crippen LogP contribution in [-0.4, -0.2) is 26.8 Å². The van der Waals surface area contributed by atoms with Crippen molar-refractivity contribution in [3.8, 4) is 11.5 Å². The van der Waals surface area contributed by atoms with Gasteiger partial charge in [-0.25, -0.2) is 0 Å². The Morgan fingerprint density at radius 1 is 1.30 bits per heavy atom. The largest absolute Gasteiger partial charge is 0.411 e. The molecule has 2 aromatic heterocycles. The zero-order chi connectivity index (χ0) is 19.4. The maximum atomic E-state index is 12.1. The molecular weight excluding hydrogens is 388 g/mol. The van der Waals surface area contributed by atoms with E-state index in [1.807, 2.05) is 32.0 Å². The lowest BCUT2D eigenvalue weighted by atomic mass is 10.1. The predicted octanol–water partition coefficient (Wildman–Crippen LogP) is 3.10. The second-order valence-corrected chi connectivity index (χ2v) is 7.20. The fraction of sp³-hybridized carbons (Fsp3) is 0.222. The summed E-state index contributed by atoms with van der Waals surface area (Å²) in [6.45, 7) is 3.82. The van der Waals surface area contributed by atoms with E-state index in [0.717, 1.165) is 23.0 Å². The number of benzene rings is 1. The van der Waals surface area contributed by atoms with Crippen molar-refractivity contribution in [2.24, 2.45) is 0 Å². The van der Waals surface area contributed by atoms with E-state index in [1.54, 1.807) is 12.1 Å². The van der Waals surface area contributed by atoms with Gasteiger partial charge in [-0.3, -0.25) is 9.59 Å². The Balaban J connectivity index is 1.56. The molecule has 0 fully saturated rings. The van der Waals surface area contributed by atoms with Crippen LogP contribution < -0.4 is 10.9 Å². The number of aromatic nitrogens is 3. The van der Waals surface area contributed by atoms with E-state index < -0.39 is 0 Å². The number of nitrogens with zero attached hydrogens (tertiary/aromatic N) is 2. The first kappa shape index (κ1) is 19.2. The fourth-order valence-electron chi connectivity index (χ4n) is 2.48. The molecule has 140 valence electrons. The third-order valence-corrected chi connectivity index (χ3v) is 4.94. The maximum absolute atomic E-state index is 12.1. The number of halogens is 1. The normalized spacial score (nSPS) is 10.8. The summed E-state index contributed by atoms with van der Waals surface area (Å²) in [5, 5.41) is 11.4. The molecule has 0 aliphatic heterocycles. The van der Waals surface area contributed by atoms with Crippen LogP contribution in [0.2, 0.25) is 5.02 Å². The fourth-order valence-corrected chi connectivity index (χ4v) is 3.29. The molecule has 0 aliphatic carbocycles. The van der Waals surface area contributed by atoms with E-state index >= 15 is 0 Å². The minimum atomic E-state index is -0.239. The monoisotopic (exact) mass is 404 g/mol. The van der Waals surface area contributed by atoms with Crippen LogP contribution >= 0.6 is 23.4 Å². The number of carbonyl (C=O) groups is 1. The van der Waals surface area contributed by atoms with Gasteiger partial charge in [-0.1, -0.05) is 35.5 Å². The van der Waals surface area contributed by atoms with Gasteiger partial charge in [-0.15, -0.1) is 10.2 Å². The van der Waals surface area contributed by atoms with Crippen LogP contribution in [0.25, 0.3) is 11.5 Å². The highest BCUT2D eigenvalue weighted by atomic mass is 35.5. The van der Waals surface area contributed by atoms with Crippen LogP contribution in [0.3, 0.4) is 0 Å². The van der Waals surface area contributed by atoms with Gasteiger partial charge in [0.25, 0.3) is 10.8 Å². The topological polar surface area (TPSA) is 101 Å². The smallest absolute Gasteiger partial charge is 0.277 e. The first-order valence-corrected chi connectivity index (χ1v) is 9.47. The molecule has 0 atom stereocenters. The van der Waals surface area contributed by atoms with Crippen LogP contribution in [-0.2, 0) is 11.3 Å². The van der Waals surface area contributed by atoms with Crippen molar-refractivity contribution in [1.82, 2.24) is 20.5 Å². The number of carbonyl (C=O) groups excluding carboxylic acids is 1. The number of H-pyrrole nitrogens is 1. The highest BCUT2D eigenvalue weighted by Gasteiger charge is 2.14. The van der Waals surface area contributed by atoms with Crippen molar-refractivity contribution in [3.63, 3.8) is 0 Å². The summed E-state index contributed by atoms with van der Waals surface area (Å²) in [5.41, 5.74) is 2.61. The van der Waals surface area contributed by atoms with Crippen LogP contribution in [0.5, 0.6) is 0 Å². The van der Waals surface area contributed by atoms with Crippen molar-refractivity contribution in [2.75, 3.05) is 5.75 Å². The number of pyridine rings is 1. The van der Waals surface area contributed by atoms with E-state index in [-0.39, 0.29) is 29.0 Å². The van der Waals surface area contributed by atoms with Crippen LogP contribution in [0, 0.1) is 13.8 Å². The first-order chi connectivity index (χ1) is 12.9. The SMILES string of the molecule is Cc1cc(C)c(CNC(=O)CSc2nnc(-c3ccccc3Cl)o2)c(=O)[nH]1. The number of thioether (sulfide) groups is 1. The summed E-state index contributed by atoms with van der Waals surface area (Å²) >= 11 is 7.22. The number of aromatic amines is 1. The third-order valence-electron chi connectivity index (χ3n) is 3.79. The summed E-state index contributed by atoms with van der Waals surface area (Å²) in [5.74, 6) is 0.148. The molecule has 0 bridgehead atoms. The molecule has 0 saturated carbocycles. The van der Waals surface area contributed by atoms with Crippen LogP contribution in [0.15, 0.2) is 44.8 Å². The number of nitrogens with one attached hydrogen (secondary N) is 2.